The van der Waals surface area contributed by atoms with Crippen molar-refractivity contribution < 1.29 is 4.79 Å². The van der Waals surface area contributed by atoms with Crippen LogP contribution in [0.15, 0.2) is 12.3 Å². The summed E-state index contributed by atoms with van der Waals surface area (Å²) in [6, 6.07) is 0.292. The molecule has 0 bridgehead atoms. The molecule has 90 valence electrons. The Kier molecular flexibility index (Phi) is 3.05. The van der Waals surface area contributed by atoms with Crippen LogP contribution in [0.2, 0.25) is 0 Å². The molecule has 0 aliphatic carbocycles. The zero-order chi connectivity index (χ0) is 11.7. The van der Waals surface area contributed by atoms with Gasteiger partial charge >= 0.3 is 6.03 Å². The van der Waals surface area contributed by atoms with E-state index in [1.165, 1.54) is 0 Å². The quantitative estimate of drug-likeness (QED) is 0.726. The molecule has 1 atom stereocenters. The monoisotopic (exact) mass is 224 g/mol. The van der Waals surface area contributed by atoms with E-state index in [1.54, 1.807) is 12.1 Å². The molecular weight excluding hydrogens is 204 g/mol. The molecule has 0 saturated carbocycles. The number of urea groups is 1. The van der Waals surface area contributed by atoms with Gasteiger partial charge in [0.1, 0.15) is 0 Å². The van der Waals surface area contributed by atoms with Gasteiger partial charge in [0.05, 0.1) is 6.04 Å². The molecule has 0 aromatic heterocycles. The maximum atomic E-state index is 12.3. The Balaban J connectivity index is 2.27. The number of nitrogens with zero attached hydrogens (tertiary/aromatic N) is 3. The predicted octanol–water partition coefficient (Wildman–Crippen LogP) is 1.16. The minimum atomic E-state index is 0.0355. The average molecular weight is 224 g/mol. The van der Waals surface area contributed by atoms with Crippen molar-refractivity contribution >= 4 is 6.03 Å². The number of nitrogens with one attached hydrogen (secondary N) is 1. The minimum Gasteiger partial charge on any atom is -0.286 e. The molecule has 2 rings (SSSR count). The van der Waals surface area contributed by atoms with E-state index in [2.05, 4.69) is 18.9 Å². The molecule has 16 heavy (non-hydrogen) atoms. The van der Waals surface area contributed by atoms with Crippen LogP contribution in [0.25, 0.3) is 0 Å². The van der Waals surface area contributed by atoms with Gasteiger partial charge in [-0.3, -0.25) is 10.0 Å². The lowest BCUT2D eigenvalue weighted by Crippen LogP contribution is -2.57. The second kappa shape index (κ2) is 4.33. The van der Waals surface area contributed by atoms with Crippen molar-refractivity contribution in [2.24, 2.45) is 0 Å². The molecule has 0 spiro atoms. The van der Waals surface area contributed by atoms with Crippen molar-refractivity contribution in [3.05, 3.63) is 12.3 Å². The molecule has 1 unspecified atom stereocenters. The van der Waals surface area contributed by atoms with Gasteiger partial charge in [-0.25, -0.2) is 15.2 Å². The summed E-state index contributed by atoms with van der Waals surface area (Å²) in [6.45, 7) is 7.77. The van der Waals surface area contributed by atoms with E-state index >= 15 is 0 Å². The standard InChI is InChI=1S/C11H20N4O/c1-9-6-8-13(12-3)11(16)15-10(2)5-4-7-14(9)15/h10,12H,1,4-8H2,2-3H3. The second-order valence-corrected chi connectivity index (χ2v) is 4.43. The van der Waals surface area contributed by atoms with Gasteiger partial charge in [0.2, 0.25) is 0 Å². The van der Waals surface area contributed by atoms with Crippen LogP contribution >= 0.6 is 0 Å². The van der Waals surface area contributed by atoms with Gasteiger partial charge in [-0.1, -0.05) is 6.58 Å². The van der Waals surface area contributed by atoms with Crippen LogP contribution in [-0.4, -0.2) is 47.2 Å². The van der Waals surface area contributed by atoms with E-state index in [-0.39, 0.29) is 12.1 Å². The number of hydrogen-bond acceptors (Lipinski definition) is 3. The van der Waals surface area contributed by atoms with Gasteiger partial charge in [0.15, 0.2) is 0 Å². The molecule has 5 nitrogen and oxygen atoms in total. The van der Waals surface area contributed by atoms with Gasteiger partial charge < -0.3 is 0 Å². The molecule has 2 heterocycles. The Morgan fingerprint density at radius 1 is 1.44 bits per heavy atom. The van der Waals surface area contributed by atoms with E-state index in [4.69, 9.17) is 0 Å². The fraction of sp³-hybridized carbons (Fsp3) is 0.727. The highest BCUT2D eigenvalue weighted by atomic mass is 16.2. The molecular formula is C11H20N4O. The van der Waals surface area contributed by atoms with Crippen LogP contribution in [0, 0.1) is 0 Å². The molecule has 0 aromatic carbocycles. The van der Waals surface area contributed by atoms with Gasteiger partial charge in [0, 0.05) is 32.3 Å². The van der Waals surface area contributed by atoms with Crippen molar-refractivity contribution in [1.29, 1.82) is 0 Å². The number of rotatable bonds is 1. The highest BCUT2D eigenvalue weighted by Crippen LogP contribution is 2.26. The summed E-state index contributed by atoms with van der Waals surface area (Å²) >= 11 is 0. The minimum absolute atomic E-state index is 0.0355. The molecule has 0 radical (unpaired) electrons. The Morgan fingerprint density at radius 2 is 2.19 bits per heavy atom. The summed E-state index contributed by atoms with van der Waals surface area (Å²) in [5, 5.41) is 5.55. The summed E-state index contributed by atoms with van der Waals surface area (Å²) in [7, 11) is 1.78. The highest BCUT2D eigenvalue weighted by Gasteiger charge is 2.35. The van der Waals surface area contributed by atoms with E-state index in [9.17, 15) is 4.79 Å². The molecule has 2 fully saturated rings. The number of hydrazine groups is 2. The van der Waals surface area contributed by atoms with E-state index < -0.39 is 0 Å². The fourth-order valence-corrected chi connectivity index (χ4v) is 2.40. The third kappa shape index (κ3) is 1.75. The Hall–Kier alpha value is -1.23. The lowest BCUT2D eigenvalue weighted by atomic mass is 10.1. The fourth-order valence-electron chi connectivity index (χ4n) is 2.40. The first-order chi connectivity index (χ1) is 7.65. The molecule has 2 saturated heterocycles. The molecule has 2 amide bonds. The number of carbonyl (C=O) groups excluding carboxylic acids is 1. The van der Waals surface area contributed by atoms with Crippen molar-refractivity contribution in [3.63, 3.8) is 0 Å². The molecule has 1 N–H and O–H groups in total. The Bertz CT molecular complexity index is 304. The van der Waals surface area contributed by atoms with Crippen LogP contribution < -0.4 is 5.43 Å². The summed E-state index contributed by atoms with van der Waals surface area (Å²) in [6.07, 6.45) is 3.02. The zero-order valence-electron chi connectivity index (χ0n) is 10.1. The number of amides is 2. The zero-order valence-corrected chi connectivity index (χ0v) is 10.1. The SMILES string of the molecule is C=C1CCN(NC)C(=O)N2C(C)CCCN12. The maximum absolute atomic E-state index is 12.3. The van der Waals surface area contributed by atoms with Crippen LogP contribution in [0.1, 0.15) is 26.2 Å². The van der Waals surface area contributed by atoms with Gasteiger partial charge in [-0.2, -0.15) is 0 Å². The van der Waals surface area contributed by atoms with Crippen molar-refractivity contribution in [3.8, 4) is 0 Å². The highest BCUT2D eigenvalue weighted by molar-refractivity contribution is 5.74. The Labute approximate surface area is 96.6 Å². The first-order valence-electron chi connectivity index (χ1n) is 5.88. The van der Waals surface area contributed by atoms with Crippen molar-refractivity contribution in [1.82, 2.24) is 20.5 Å². The molecule has 5 heteroatoms. The van der Waals surface area contributed by atoms with E-state index in [0.29, 0.717) is 6.54 Å². The van der Waals surface area contributed by atoms with Gasteiger partial charge in [-0.05, 0) is 19.8 Å². The summed E-state index contributed by atoms with van der Waals surface area (Å²) < 4.78 is 0. The first kappa shape index (κ1) is 11.3. The second-order valence-electron chi connectivity index (χ2n) is 4.43. The number of hydrogen-bond donors (Lipinski definition) is 1. The van der Waals surface area contributed by atoms with Crippen molar-refractivity contribution in [2.75, 3.05) is 20.1 Å². The van der Waals surface area contributed by atoms with Crippen LogP contribution in [0.3, 0.4) is 0 Å². The van der Waals surface area contributed by atoms with E-state index in [0.717, 1.165) is 31.5 Å². The van der Waals surface area contributed by atoms with Gasteiger partial charge in [-0.15, -0.1) is 0 Å². The van der Waals surface area contributed by atoms with Crippen LogP contribution in [-0.2, 0) is 0 Å². The van der Waals surface area contributed by atoms with Crippen LogP contribution in [0.4, 0.5) is 4.79 Å². The average Bonchev–Trinajstić information content (AvgIpc) is 2.39. The first-order valence-corrected chi connectivity index (χ1v) is 5.88. The third-order valence-corrected chi connectivity index (χ3v) is 3.36. The summed E-state index contributed by atoms with van der Waals surface area (Å²) in [4.78, 5) is 12.3. The van der Waals surface area contributed by atoms with Crippen LogP contribution in [0.5, 0.6) is 0 Å². The normalized spacial score (nSPS) is 26.9. The summed E-state index contributed by atoms with van der Waals surface area (Å²) in [5.74, 6) is 0. The smallest absolute Gasteiger partial charge is 0.286 e. The topological polar surface area (TPSA) is 38.8 Å². The van der Waals surface area contributed by atoms with Crippen molar-refractivity contribution in [2.45, 2.75) is 32.2 Å². The molecule has 2 aliphatic rings. The lowest BCUT2D eigenvalue weighted by Gasteiger charge is -2.44. The molecule has 2 aliphatic heterocycles. The summed E-state index contributed by atoms with van der Waals surface area (Å²) in [5.41, 5.74) is 3.98. The number of carbonyl (C=O) groups is 1. The number of fused-ring (bicyclic) bond motifs is 1. The third-order valence-electron chi connectivity index (χ3n) is 3.36. The van der Waals surface area contributed by atoms with Gasteiger partial charge in [0.25, 0.3) is 0 Å². The van der Waals surface area contributed by atoms with E-state index in [1.807, 2.05) is 10.0 Å². The largest absolute Gasteiger partial charge is 0.353 e. The predicted molar refractivity (Wildman–Crippen MR) is 62.2 cm³/mol. The maximum Gasteiger partial charge on any atom is 0.353 e. The molecule has 0 aromatic rings. The Morgan fingerprint density at radius 3 is 2.88 bits per heavy atom. The lowest BCUT2D eigenvalue weighted by molar-refractivity contribution is -0.0236.